The molecule has 1 aliphatic rings. The molecule has 2 aromatic heterocycles. The summed E-state index contributed by atoms with van der Waals surface area (Å²) in [5.41, 5.74) is 2.95. The van der Waals surface area contributed by atoms with Gasteiger partial charge in [-0.05, 0) is 29.8 Å². The third kappa shape index (κ3) is 2.57. The molecule has 0 unspecified atom stereocenters. The fraction of sp³-hybridized carbons (Fsp3) is 0.263. The van der Waals surface area contributed by atoms with Crippen LogP contribution in [0, 0.1) is 0 Å². The molecule has 4 rings (SSSR count). The van der Waals surface area contributed by atoms with E-state index in [0.717, 1.165) is 22.6 Å². The Bertz CT molecular complexity index is 900. The van der Waals surface area contributed by atoms with E-state index < -0.39 is 0 Å². The first-order chi connectivity index (χ1) is 12.7. The largest absolute Gasteiger partial charge is 0.497 e. The van der Waals surface area contributed by atoms with E-state index in [-0.39, 0.29) is 11.9 Å². The van der Waals surface area contributed by atoms with E-state index in [4.69, 9.17) is 13.9 Å². The van der Waals surface area contributed by atoms with Gasteiger partial charge in [-0.25, -0.2) is 0 Å². The van der Waals surface area contributed by atoms with Crippen molar-refractivity contribution < 1.29 is 18.7 Å². The SMILES string of the molecule is COCCN1C(=O)c2n[nH]c(-c3ccco3)c2[C@H]1c1ccc(OC)cc1. The number of furan rings is 1. The van der Waals surface area contributed by atoms with Gasteiger partial charge < -0.3 is 18.8 Å². The van der Waals surface area contributed by atoms with Gasteiger partial charge in [0, 0.05) is 19.2 Å². The van der Waals surface area contributed by atoms with Gasteiger partial charge in [0.15, 0.2) is 11.5 Å². The molecule has 0 spiro atoms. The van der Waals surface area contributed by atoms with Crippen molar-refractivity contribution in [2.45, 2.75) is 6.04 Å². The molecule has 7 heteroatoms. The Balaban J connectivity index is 1.82. The molecule has 1 atom stereocenters. The monoisotopic (exact) mass is 353 g/mol. The Morgan fingerprint density at radius 1 is 1.23 bits per heavy atom. The van der Waals surface area contributed by atoms with E-state index in [2.05, 4.69) is 10.2 Å². The third-order valence-corrected chi connectivity index (χ3v) is 4.59. The van der Waals surface area contributed by atoms with E-state index in [1.54, 1.807) is 25.4 Å². The number of benzene rings is 1. The van der Waals surface area contributed by atoms with Crippen molar-refractivity contribution in [3.63, 3.8) is 0 Å². The van der Waals surface area contributed by atoms with Gasteiger partial charge >= 0.3 is 0 Å². The number of carbonyl (C=O) groups is 1. The molecule has 0 saturated carbocycles. The number of fused-ring (bicyclic) bond motifs is 1. The maximum absolute atomic E-state index is 12.9. The van der Waals surface area contributed by atoms with Gasteiger partial charge in [-0.15, -0.1) is 0 Å². The molecule has 0 aliphatic carbocycles. The van der Waals surface area contributed by atoms with Crippen molar-refractivity contribution in [3.05, 3.63) is 59.5 Å². The number of carbonyl (C=O) groups excluding carboxylic acids is 1. The molecule has 0 radical (unpaired) electrons. The second-order valence-electron chi connectivity index (χ2n) is 6.01. The molecule has 7 nitrogen and oxygen atoms in total. The summed E-state index contributed by atoms with van der Waals surface area (Å²) >= 11 is 0. The molecule has 134 valence electrons. The molecule has 0 saturated heterocycles. The molecule has 0 bridgehead atoms. The Morgan fingerprint density at radius 3 is 2.69 bits per heavy atom. The number of methoxy groups -OCH3 is 2. The predicted octanol–water partition coefficient (Wildman–Crippen LogP) is 2.87. The van der Waals surface area contributed by atoms with Gasteiger partial charge in [-0.3, -0.25) is 9.89 Å². The topological polar surface area (TPSA) is 80.6 Å². The van der Waals surface area contributed by atoms with Gasteiger partial charge in [-0.1, -0.05) is 12.1 Å². The average Bonchev–Trinajstić information content (AvgIpc) is 3.38. The fourth-order valence-electron chi connectivity index (χ4n) is 3.35. The van der Waals surface area contributed by atoms with E-state index in [1.807, 2.05) is 36.4 Å². The van der Waals surface area contributed by atoms with Crippen LogP contribution in [0.4, 0.5) is 0 Å². The fourth-order valence-corrected chi connectivity index (χ4v) is 3.35. The molecule has 1 aromatic carbocycles. The normalized spacial score (nSPS) is 16.2. The minimum Gasteiger partial charge on any atom is -0.497 e. The van der Waals surface area contributed by atoms with Crippen LogP contribution >= 0.6 is 0 Å². The lowest BCUT2D eigenvalue weighted by atomic mass is 9.98. The first-order valence-corrected chi connectivity index (χ1v) is 8.30. The number of hydrogen-bond donors (Lipinski definition) is 1. The van der Waals surface area contributed by atoms with Crippen molar-refractivity contribution in [2.24, 2.45) is 0 Å². The van der Waals surface area contributed by atoms with Crippen molar-refractivity contribution in [2.75, 3.05) is 27.4 Å². The van der Waals surface area contributed by atoms with Crippen LogP contribution in [0.15, 0.2) is 47.1 Å². The Labute approximate surface area is 150 Å². The summed E-state index contributed by atoms with van der Waals surface area (Å²) in [5, 5.41) is 7.22. The maximum Gasteiger partial charge on any atom is 0.275 e. The summed E-state index contributed by atoms with van der Waals surface area (Å²) in [6.07, 6.45) is 1.60. The van der Waals surface area contributed by atoms with Crippen molar-refractivity contribution in [3.8, 4) is 17.2 Å². The van der Waals surface area contributed by atoms with Gasteiger partial charge in [0.1, 0.15) is 11.4 Å². The number of nitrogens with one attached hydrogen (secondary N) is 1. The van der Waals surface area contributed by atoms with Crippen LogP contribution in [-0.2, 0) is 4.74 Å². The molecular formula is C19H19N3O4. The highest BCUT2D eigenvalue weighted by molar-refractivity contribution is 5.99. The summed E-state index contributed by atoms with van der Waals surface area (Å²) in [5.74, 6) is 1.30. The standard InChI is InChI=1S/C19H19N3O4/c1-24-11-9-22-18(12-5-7-13(25-2)8-6-12)15-16(14-4-3-10-26-14)20-21-17(15)19(22)23/h3-8,10,18H,9,11H2,1-2H3,(H,20,21)/t18-/m1/s1. The van der Waals surface area contributed by atoms with E-state index >= 15 is 0 Å². The summed E-state index contributed by atoms with van der Waals surface area (Å²) in [7, 11) is 3.25. The minimum absolute atomic E-state index is 0.119. The molecule has 1 amide bonds. The number of aromatic amines is 1. The minimum atomic E-state index is -0.266. The zero-order chi connectivity index (χ0) is 18.1. The van der Waals surface area contributed by atoms with Gasteiger partial charge in [-0.2, -0.15) is 5.10 Å². The predicted molar refractivity (Wildman–Crippen MR) is 94.0 cm³/mol. The number of amides is 1. The van der Waals surface area contributed by atoms with Crippen LogP contribution in [0.5, 0.6) is 5.75 Å². The van der Waals surface area contributed by atoms with Gasteiger partial charge in [0.2, 0.25) is 0 Å². The van der Waals surface area contributed by atoms with Gasteiger partial charge in [0.25, 0.3) is 5.91 Å². The van der Waals surface area contributed by atoms with Crippen LogP contribution in [-0.4, -0.2) is 48.4 Å². The average molecular weight is 353 g/mol. The first-order valence-electron chi connectivity index (χ1n) is 8.30. The van der Waals surface area contributed by atoms with Crippen molar-refractivity contribution >= 4 is 5.91 Å². The molecule has 1 N–H and O–H groups in total. The molecular weight excluding hydrogens is 334 g/mol. The van der Waals surface area contributed by atoms with Crippen LogP contribution < -0.4 is 4.74 Å². The number of nitrogens with zero attached hydrogens (tertiary/aromatic N) is 2. The van der Waals surface area contributed by atoms with Crippen LogP contribution in [0.2, 0.25) is 0 Å². The number of H-pyrrole nitrogens is 1. The number of rotatable bonds is 6. The Kier molecular flexibility index (Phi) is 4.22. The zero-order valence-corrected chi connectivity index (χ0v) is 14.6. The molecule has 1 aliphatic heterocycles. The molecule has 26 heavy (non-hydrogen) atoms. The van der Waals surface area contributed by atoms with E-state index in [1.165, 1.54) is 0 Å². The molecule has 3 heterocycles. The lowest BCUT2D eigenvalue weighted by molar-refractivity contribution is 0.0677. The first kappa shape index (κ1) is 16.4. The summed E-state index contributed by atoms with van der Waals surface area (Å²) < 4.78 is 16.0. The summed E-state index contributed by atoms with van der Waals surface area (Å²) in [6, 6.07) is 11.1. The van der Waals surface area contributed by atoms with Gasteiger partial charge in [0.05, 0.1) is 26.0 Å². The quantitative estimate of drug-likeness (QED) is 0.737. The number of hydrogen-bond acceptors (Lipinski definition) is 5. The Morgan fingerprint density at radius 2 is 2.04 bits per heavy atom. The van der Waals surface area contributed by atoms with Crippen molar-refractivity contribution in [1.82, 2.24) is 15.1 Å². The number of ether oxygens (including phenoxy) is 2. The molecule has 3 aromatic rings. The van der Waals surface area contributed by atoms with Crippen LogP contribution in [0.25, 0.3) is 11.5 Å². The van der Waals surface area contributed by atoms with Crippen LogP contribution in [0.1, 0.15) is 27.7 Å². The lowest BCUT2D eigenvalue weighted by Gasteiger charge is -2.26. The smallest absolute Gasteiger partial charge is 0.275 e. The highest BCUT2D eigenvalue weighted by Gasteiger charge is 2.42. The number of aromatic nitrogens is 2. The Hall–Kier alpha value is -3.06. The highest BCUT2D eigenvalue weighted by Crippen LogP contribution is 2.42. The maximum atomic E-state index is 12.9. The summed E-state index contributed by atoms with van der Waals surface area (Å²) in [4.78, 5) is 14.7. The lowest BCUT2D eigenvalue weighted by Crippen LogP contribution is -2.32. The zero-order valence-electron chi connectivity index (χ0n) is 14.6. The van der Waals surface area contributed by atoms with E-state index in [9.17, 15) is 4.79 Å². The highest BCUT2D eigenvalue weighted by atomic mass is 16.5. The van der Waals surface area contributed by atoms with Crippen molar-refractivity contribution in [1.29, 1.82) is 0 Å². The van der Waals surface area contributed by atoms with E-state index in [0.29, 0.717) is 24.6 Å². The second kappa shape index (κ2) is 6.68. The second-order valence-corrected chi connectivity index (χ2v) is 6.01. The van der Waals surface area contributed by atoms with Crippen LogP contribution in [0.3, 0.4) is 0 Å². The molecule has 0 fully saturated rings. The third-order valence-electron chi connectivity index (χ3n) is 4.59. The summed E-state index contributed by atoms with van der Waals surface area (Å²) in [6.45, 7) is 0.919.